The van der Waals surface area contributed by atoms with Crippen LogP contribution in [-0.4, -0.2) is 20.5 Å². The first-order valence-electron chi connectivity index (χ1n) is 6.99. The van der Waals surface area contributed by atoms with Gasteiger partial charge in [0, 0.05) is 19.7 Å². The van der Waals surface area contributed by atoms with E-state index in [1.807, 2.05) is 24.0 Å². The Hall–Kier alpha value is -0.830. The monoisotopic (exact) mass is 248 g/mol. The zero-order valence-electron chi connectivity index (χ0n) is 11.9. The number of aryl methyl sites for hydroxylation is 1. The van der Waals surface area contributed by atoms with E-state index in [1.165, 1.54) is 12.8 Å². The Bertz CT molecular complexity index is 472. The van der Waals surface area contributed by atoms with Gasteiger partial charge in [-0.3, -0.25) is 4.68 Å². The molecule has 0 aromatic carbocycles. The largest absolute Gasteiger partial charge is 0.388 e. The van der Waals surface area contributed by atoms with Gasteiger partial charge in [0.15, 0.2) is 0 Å². The Balaban J connectivity index is 1.97. The van der Waals surface area contributed by atoms with Crippen molar-refractivity contribution < 1.29 is 5.11 Å². The van der Waals surface area contributed by atoms with Crippen molar-refractivity contribution in [2.45, 2.75) is 52.1 Å². The van der Waals surface area contributed by atoms with Crippen molar-refractivity contribution in [3.63, 3.8) is 0 Å². The average Bonchev–Trinajstić information content (AvgIpc) is 2.88. The zero-order valence-corrected chi connectivity index (χ0v) is 11.9. The minimum atomic E-state index is -0.614. The van der Waals surface area contributed by atoms with Crippen molar-refractivity contribution in [1.29, 1.82) is 0 Å². The maximum absolute atomic E-state index is 11.4. The van der Waals surface area contributed by atoms with Crippen molar-refractivity contribution in [1.82, 2.24) is 9.78 Å². The molecular weight excluding hydrogens is 224 g/mol. The third-order valence-corrected chi connectivity index (χ3v) is 6.03. The molecule has 0 radical (unpaired) electrons. The SMILES string of the molecule is Cn1ccc(CC2(O)C3(C)CCC(C3)C2(C)C)n1. The predicted molar refractivity (Wildman–Crippen MR) is 71.1 cm³/mol. The van der Waals surface area contributed by atoms with Crippen molar-refractivity contribution in [2.24, 2.45) is 23.8 Å². The van der Waals surface area contributed by atoms with Gasteiger partial charge in [-0.25, -0.2) is 0 Å². The van der Waals surface area contributed by atoms with Crippen LogP contribution in [0.5, 0.6) is 0 Å². The second kappa shape index (κ2) is 3.38. The first-order chi connectivity index (χ1) is 8.28. The van der Waals surface area contributed by atoms with Crippen LogP contribution in [0.25, 0.3) is 0 Å². The van der Waals surface area contributed by atoms with Gasteiger partial charge in [0.1, 0.15) is 0 Å². The highest BCUT2D eigenvalue weighted by atomic mass is 16.3. The summed E-state index contributed by atoms with van der Waals surface area (Å²) in [5.74, 6) is 0.663. The third kappa shape index (κ3) is 1.31. The Morgan fingerprint density at radius 1 is 1.44 bits per heavy atom. The van der Waals surface area contributed by atoms with Gasteiger partial charge in [-0.05, 0) is 42.1 Å². The first kappa shape index (κ1) is 12.2. The van der Waals surface area contributed by atoms with Crippen LogP contribution in [0.2, 0.25) is 0 Å². The van der Waals surface area contributed by atoms with E-state index in [0.717, 1.165) is 12.1 Å². The summed E-state index contributed by atoms with van der Waals surface area (Å²) in [6.07, 6.45) is 6.25. The zero-order chi connectivity index (χ0) is 13.2. The van der Waals surface area contributed by atoms with E-state index in [4.69, 9.17) is 0 Å². The van der Waals surface area contributed by atoms with Crippen LogP contribution in [0.3, 0.4) is 0 Å². The molecule has 0 amide bonds. The molecule has 3 nitrogen and oxygen atoms in total. The van der Waals surface area contributed by atoms with Crippen molar-refractivity contribution in [2.75, 3.05) is 0 Å². The van der Waals surface area contributed by atoms with E-state index >= 15 is 0 Å². The molecule has 3 atom stereocenters. The Morgan fingerprint density at radius 3 is 2.67 bits per heavy atom. The number of hydrogen-bond donors (Lipinski definition) is 1. The maximum atomic E-state index is 11.4. The van der Waals surface area contributed by atoms with Crippen LogP contribution in [0.4, 0.5) is 0 Å². The van der Waals surface area contributed by atoms with Crippen LogP contribution in [0, 0.1) is 16.7 Å². The summed E-state index contributed by atoms with van der Waals surface area (Å²) in [5, 5.41) is 15.8. The van der Waals surface area contributed by atoms with Gasteiger partial charge in [0.05, 0.1) is 11.3 Å². The van der Waals surface area contributed by atoms with Crippen LogP contribution in [0.15, 0.2) is 12.3 Å². The summed E-state index contributed by atoms with van der Waals surface area (Å²) in [7, 11) is 1.93. The molecule has 0 saturated heterocycles. The number of hydrogen-bond acceptors (Lipinski definition) is 2. The Kier molecular flexibility index (Phi) is 2.30. The molecule has 2 saturated carbocycles. The van der Waals surface area contributed by atoms with Gasteiger partial charge in [-0.1, -0.05) is 20.8 Å². The summed E-state index contributed by atoms with van der Waals surface area (Å²) in [6, 6.07) is 2.03. The lowest BCUT2D eigenvalue weighted by Gasteiger charge is -2.50. The van der Waals surface area contributed by atoms with E-state index in [2.05, 4.69) is 25.9 Å². The molecule has 0 aliphatic heterocycles. The molecular formula is C15H24N2O. The van der Waals surface area contributed by atoms with E-state index < -0.39 is 5.60 Å². The van der Waals surface area contributed by atoms with Crippen molar-refractivity contribution in [3.05, 3.63) is 18.0 Å². The average molecular weight is 248 g/mol. The highest BCUT2D eigenvalue weighted by Crippen LogP contribution is 2.68. The molecule has 100 valence electrons. The Labute approximate surface area is 109 Å². The summed E-state index contributed by atoms with van der Waals surface area (Å²) < 4.78 is 1.82. The molecule has 2 bridgehead atoms. The topological polar surface area (TPSA) is 38.0 Å². The smallest absolute Gasteiger partial charge is 0.0810 e. The molecule has 0 spiro atoms. The minimum absolute atomic E-state index is 0.00246. The summed E-state index contributed by atoms with van der Waals surface area (Å²) in [4.78, 5) is 0. The summed E-state index contributed by atoms with van der Waals surface area (Å²) in [5.41, 5.74) is 0.467. The number of fused-ring (bicyclic) bond motifs is 2. The third-order valence-electron chi connectivity index (χ3n) is 6.03. The lowest BCUT2D eigenvalue weighted by molar-refractivity contribution is -0.142. The number of rotatable bonds is 2. The van der Waals surface area contributed by atoms with E-state index in [1.54, 1.807) is 0 Å². The highest BCUT2D eigenvalue weighted by molar-refractivity contribution is 5.21. The molecule has 3 unspecified atom stereocenters. The van der Waals surface area contributed by atoms with Crippen LogP contribution >= 0.6 is 0 Å². The van der Waals surface area contributed by atoms with E-state index in [-0.39, 0.29) is 10.8 Å². The van der Waals surface area contributed by atoms with Crippen molar-refractivity contribution >= 4 is 0 Å². The van der Waals surface area contributed by atoms with Gasteiger partial charge in [0.25, 0.3) is 0 Å². The normalized spacial score (nSPS) is 41.5. The maximum Gasteiger partial charge on any atom is 0.0810 e. The number of aliphatic hydroxyl groups is 1. The fraction of sp³-hybridized carbons (Fsp3) is 0.800. The van der Waals surface area contributed by atoms with Gasteiger partial charge >= 0.3 is 0 Å². The molecule has 1 heterocycles. The van der Waals surface area contributed by atoms with Crippen LogP contribution < -0.4 is 0 Å². The quantitative estimate of drug-likeness (QED) is 0.873. The second-order valence-electron chi connectivity index (χ2n) is 7.24. The molecule has 2 aliphatic rings. The van der Waals surface area contributed by atoms with Crippen molar-refractivity contribution in [3.8, 4) is 0 Å². The number of aromatic nitrogens is 2. The lowest BCUT2D eigenvalue weighted by Crippen LogP contribution is -2.55. The Morgan fingerprint density at radius 2 is 2.17 bits per heavy atom. The molecule has 2 fully saturated rings. The van der Waals surface area contributed by atoms with Gasteiger partial charge < -0.3 is 5.11 Å². The van der Waals surface area contributed by atoms with E-state index in [0.29, 0.717) is 12.3 Å². The number of nitrogens with zero attached hydrogens (tertiary/aromatic N) is 2. The standard InChI is InChI=1S/C15H24N2O/c1-13(2)11-5-7-14(3,9-11)15(13,18)10-12-6-8-17(4)16-12/h6,8,11,18H,5,7,9-10H2,1-4H3. The van der Waals surface area contributed by atoms with Gasteiger partial charge in [0.2, 0.25) is 0 Å². The fourth-order valence-electron chi connectivity index (χ4n) is 4.61. The lowest BCUT2D eigenvalue weighted by atomic mass is 9.59. The van der Waals surface area contributed by atoms with Crippen LogP contribution in [-0.2, 0) is 13.5 Å². The van der Waals surface area contributed by atoms with Crippen LogP contribution in [0.1, 0.15) is 45.7 Å². The molecule has 2 aliphatic carbocycles. The molecule has 18 heavy (non-hydrogen) atoms. The molecule has 3 heteroatoms. The molecule has 1 N–H and O–H groups in total. The van der Waals surface area contributed by atoms with E-state index in [9.17, 15) is 5.11 Å². The second-order valence-corrected chi connectivity index (χ2v) is 7.24. The summed E-state index contributed by atoms with van der Waals surface area (Å²) >= 11 is 0. The molecule has 1 aromatic heterocycles. The fourth-order valence-corrected chi connectivity index (χ4v) is 4.61. The minimum Gasteiger partial charge on any atom is -0.388 e. The van der Waals surface area contributed by atoms with Gasteiger partial charge in [-0.2, -0.15) is 5.10 Å². The first-order valence-corrected chi connectivity index (χ1v) is 6.99. The summed E-state index contributed by atoms with van der Waals surface area (Å²) in [6.45, 7) is 6.75. The molecule has 3 rings (SSSR count). The molecule has 1 aromatic rings. The van der Waals surface area contributed by atoms with Gasteiger partial charge in [-0.15, -0.1) is 0 Å². The highest BCUT2D eigenvalue weighted by Gasteiger charge is 2.68. The predicted octanol–water partition coefficient (Wildman–Crippen LogP) is 2.54.